The van der Waals surface area contributed by atoms with Gasteiger partial charge in [0.15, 0.2) is 11.3 Å². The van der Waals surface area contributed by atoms with Gasteiger partial charge in [-0.3, -0.25) is 0 Å². The predicted octanol–water partition coefficient (Wildman–Crippen LogP) is 1.86. The van der Waals surface area contributed by atoms with Crippen molar-refractivity contribution in [3.8, 4) is 11.5 Å². The summed E-state index contributed by atoms with van der Waals surface area (Å²) in [5.74, 6) is 0.766. The van der Waals surface area contributed by atoms with Gasteiger partial charge in [-0.05, 0) is 24.6 Å². The number of hydrogen-bond donors (Lipinski definition) is 1. The van der Waals surface area contributed by atoms with E-state index >= 15 is 0 Å². The molecule has 4 heteroatoms. The van der Waals surface area contributed by atoms with E-state index < -0.39 is 0 Å². The molecule has 1 aliphatic heterocycles. The molecule has 4 nitrogen and oxygen atoms in total. The molecule has 0 radical (unpaired) electrons. The van der Waals surface area contributed by atoms with Gasteiger partial charge in [-0.1, -0.05) is 0 Å². The van der Waals surface area contributed by atoms with Gasteiger partial charge >= 0.3 is 0 Å². The van der Waals surface area contributed by atoms with Crippen LogP contribution in [0, 0.1) is 6.92 Å². The lowest BCUT2D eigenvalue weighted by Gasteiger charge is -2.07. The fourth-order valence-corrected chi connectivity index (χ4v) is 2.06. The zero-order valence-corrected chi connectivity index (χ0v) is 11.3. The Hall–Kier alpha value is -2.36. The number of nitrogen functional groups attached to an aromatic ring is 1. The summed E-state index contributed by atoms with van der Waals surface area (Å²) in [5.41, 5.74) is 10.0. The third-order valence-corrected chi connectivity index (χ3v) is 3.27. The molecule has 0 amide bonds. The van der Waals surface area contributed by atoms with Crippen molar-refractivity contribution < 1.29 is 4.42 Å². The van der Waals surface area contributed by atoms with E-state index in [4.69, 9.17) is 10.2 Å². The molecule has 1 aliphatic carbocycles. The highest BCUT2D eigenvalue weighted by Gasteiger charge is 2.11. The van der Waals surface area contributed by atoms with Crippen molar-refractivity contribution in [2.75, 3.05) is 19.8 Å². The van der Waals surface area contributed by atoms with Crippen LogP contribution in [-0.4, -0.2) is 19.1 Å². The fourth-order valence-electron chi connectivity index (χ4n) is 2.06. The van der Waals surface area contributed by atoms with E-state index in [1.54, 1.807) is 0 Å². The number of benzene rings is 2. The maximum Gasteiger partial charge on any atom is 0.203 e. The Bertz CT molecular complexity index is 813. The lowest BCUT2D eigenvalue weighted by molar-refractivity contribution is 0.610. The molecule has 19 heavy (non-hydrogen) atoms. The molecule has 0 bridgehead atoms. The van der Waals surface area contributed by atoms with Crippen LogP contribution in [0.4, 0.5) is 5.69 Å². The van der Waals surface area contributed by atoms with Crippen molar-refractivity contribution >= 4 is 16.8 Å². The number of nitrogens with two attached hydrogens (primary N) is 1. The number of aromatic nitrogens is 1. The second kappa shape index (κ2) is 4.09. The van der Waals surface area contributed by atoms with E-state index in [0.717, 1.165) is 33.6 Å². The third kappa shape index (κ3) is 1.95. The minimum absolute atomic E-state index is 0.714. The zero-order valence-electron chi connectivity index (χ0n) is 11.3. The third-order valence-electron chi connectivity index (χ3n) is 3.27. The number of hydrogen-bond acceptors (Lipinski definition) is 3. The Morgan fingerprint density at radius 1 is 1.16 bits per heavy atom. The number of fused-ring (bicyclic) bond motifs is 2. The summed E-state index contributed by atoms with van der Waals surface area (Å²) in [6.45, 7) is 1.97. The molecule has 0 aromatic heterocycles. The summed E-state index contributed by atoms with van der Waals surface area (Å²) in [5, 5.41) is 1.08. The molecule has 0 saturated carbocycles. The SMILES string of the molecule is Cc1cc2nc3ccc(=[N+](C)C)cc-3oc2cc1N. The molecule has 3 rings (SSSR count). The molecule has 0 unspecified atom stereocenters. The minimum Gasteiger partial charge on any atom is -0.452 e. The number of aryl methyl sites for hydroxylation is 1. The van der Waals surface area contributed by atoms with Crippen LogP contribution in [0.3, 0.4) is 0 Å². The highest BCUT2D eigenvalue weighted by atomic mass is 16.3. The van der Waals surface area contributed by atoms with E-state index in [2.05, 4.69) is 4.98 Å². The lowest BCUT2D eigenvalue weighted by Crippen LogP contribution is -2.21. The van der Waals surface area contributed by atoms with E-state index in [0.29, 0.717) is 5.58 Å². The standard InChI is InChI=1S/C15H15N3O/c1-9-6-13-15(8-11(9)16)19-14-7-10(18(2)3)4-5-12(14)17-13/h4-8,16H,1-3H3/p+1. The van der Waals surface area contributed by atoms with Crippen molar-refractivity contribution in [2.45, 2.75) is 6.92 Å². The summed E-state index contributed by atoms with van der Waals surface area (Å²) in [7, 11) is 3.99. The largest absolute Gasteiger partial charge is 0.452 e. The van der Waals surface area contributed by atoms with Gasteiger partial charge in [-0.15, -0.1) is 0 Å². The highest BCUT2D eigenvalue weighted by Crippen LogP contribution is 2.26. The molecule has 1 aromatic carbocycles. The normalized spacial score (nSPS) is 11.1. The van der Waals surface area contributed by atoms with Crippen molar-refractivity contribution in [3.05, 3.63) is 41.3 Å². The monoisotopic (exact) mass is 254 g/mol. The average molecular weight is 254 g/mol. The van der Waals surface area contributed by atoms with Gasteiger partial charge in [0.2, 0.25) is 5.36 Å². The first-order chi connectivity index (χ1) is 9.04. The summed E-state index contributed by atoms with van der Waals surface area (Å²) < 4.78 is 7.93. The Morgan fingerprint density at radius 3 is 2.68 bits per heavy atom. The predicted molar refractivity (Wildman–Crippen MR) is 76.9 cm³/mol. The van der Waals surface area contributed by atoms with Crippen molar-refractivity contribution in [3.63, 3.8) is 0 Å². The van der Waals surface area contributed by atoms with Crippen LogP contribution in [0.1, 0.15) is 5.56 Å². The van der Waals surface area contributed by atoms with Crippen LogP contribution in [0.5, 0.6) is 0 Å². The van der Waals surface area contributed by atoms with E-state index in [1.165, 1.54) is 0 Å². The average Bonchev–Trinajstić information content (AvgIpc) is 2.37. The topological polar surface area (TPSA) is 55.1 Å². The zero-order chi connectivity index (χ0) is 13.6. The molecule has 1 heterocycles. The summed E-state index contributed by atoms with van der Waals surface area (Å²) in [4.78, 5) is 4.61. The van der Waals surface area contributed by atoms with Gasteiger partial charge in [0.1, 0.15) is 25.3 Å². The maximum atomic E-state index is 5.91. The maximum absolute atomic E-state index is 5.91. The first-order valence-electron chi connectivity index (χ1n) is 6.15. The molecule has 0 atom stereocenters. The molecule has 0 spiro atoms. The smallest absolute Gasteiger partial charge is 0.203 e. The molecule has 0 saturated heterocycles. The van der Waals surface area contributed by atoms with Crippen molar-refractivity contribution in [1.82, 2.24) is 9.56 Å². The lowest BCUT2D eigenvalue weighted by atomic mass is 10.1. The Balaban J connectivity index is 2.40. The van der Waals surface area contributed by atoms with Crippen molar-refractivity contribution in [1.29, 1.82) is 0 Å². The van der Waals surface area contributed by atoms with Crippen LogP contribution in [0.15, 0.2) is 34.7 Å². The van der Waals surface area contributed by atoms with Gasteiger partial charge < -0.3 is 10.2 Å². The van der Waals surface area contributed by atoms with Gasteiger partial charge in [0.05, 0.1) is 6.07 Å². The second-order valence-corrected chi connectivity index (χ2v) is 4.94. The number of anilines is 1. The summed E-state index contributed by atoms with van der Waals surface area (Å²) in [6, 6.07) is 9.77. The second-order valence-electron chi connectivity index (χ2n) is 4.94. The quantitative estimate of drug-likeness (QED) is 0.378. The summed E-state index contributed by atoms with van der Waals surface area (Å²) in [6.07, 6.45) is 0. The fraction of sp³-hybridized carbons (Fsp3) is 0.200. The van der Waals surface area contributed by atoms with Crippen molar-refractivity contribution in [2.24, 2.45) is 0 Å². The Labute approximate surface area is 111 Å². The Kier molecular flexibility index (Phi) is 2.52. The van der Waals surface area contributed by atoms with Crippen LogP contribution >= 0.6 is 0 Å². The highest BCUT2D eigenvalue weighted by molar-refractivity contribution is 5.80. The molecular weight excluding hydrogens is 238 g/mol. The van der Waals surface area contributed by atoms with E-state index in [-0.39, 0.29) is 0 Å². The van der Waals surface area contributed by atoms with Gasteiger partial charge in [-0.25, -0.2) is 9.56 Å². The summed E-state index contributed by atoms with van der Waals surface area (Å²) >= 11 is 0. The van der Waals surface area contributed by atoms with E-state index in [9.17, 15) is 0 Å². The number of rotatable bonds is 0. The first-order valence-corrected chi connectivity index (χ1v) is 6.15. The van der Waals surface area contributed by atoms with Crippen LogP contribution in [0.2, 0.25) is 0 Å². The first kappa shape index (κ1) is 11.7. The molecule has 96 valence electrons. The molecule has 1 aromatic rings. The molecule has 0 fully saturated rings. The van der Waals surface area contributed by atoms with Crippen LogP contribution < -0.4 is 15.7 Å². The number of nitrogens with zero attached hydrogens (tertiary/aromatic N) is 2. The van der Waals surface area contributed by atoms with Crippen LogP contribution in [-0.2, 0) is 0 Å². The molecule has 2 N–H and O–H groups in total. The van der Waals surface area contributed by atoms with Gasteiger partial charge in [-0.2, -0.15) is 0 Å². The van der Waals surface area contributed by atoms with Gasteiger partial charge in [0, 0.05) is 17.8 Å². The molecular formula is C15H16N3O+. The minimum atomic E-state index is 0.714. The van der Waals surface area contributed by atoms with E-state index in [1.807, 2.05) is 55.9 Å². The Morgan fingerprint density at radius 2 is 1.95 bits per heavy atom. The molecule has 2 aliphatic rings. The van der Waals surface area contributed by atoms with Gasteiger partial charge in [0.25, 0.3) is 0 Å². The van der Waals surface area contributed by atoms with Crippen LogP contribution in [0.25, 0.3) is 22.6 Å².